The van der Waals surface area contributed by atoms with Crippen LogP contribution in [0.3, 0.4) is 0 Å². The topological polar surface area (TPSA) is 86.5 Å². The summed E-state index contributed by atoms with van der Waals surface area (Å²) in [6.45, 7) is 3.11. The number of aryl methyl sites for hydroxylation is 2. The van der Waals surface area contributed by atoms with Crippen molar-refractivity contribution in [2.75, 3.05) is 0 Å². The summed E-state index contributed by atoms with van der Waals surface area (Å²) < 4.78 is 56.4. The Bertz CT molecular complexity index is 1510. The maximum Gasteiger partial charge on any atom is 0.435 e. The lowest BCUT2D eigenvalue weighted by Crippen LogP contribution is -2.30. The van der Waals surface area contributed by atoms with Gasteiger partial charge in [-0.2, -0.15) is 17.6 Å². The zero-order chi connectivity index (χ0) is 26.3. The van der Waals surface area contributed by atoms with E-state index in [2.05, 4.69) is 24.9 Å². The summed E-state index contributed by atoms with van der Waals surface area (Å²) in [4.78, 5) is 33.7. The summed E-state index contributed by atoms with van der Waals surface area (Å²) in [5.41, 5.74) is 1.10. The van der Waals surface area contributed by atoms with Crippen molar-refractivity contribution in [2.45, 2.75) is 64.1 Å². The fourth-order valence-electron chi connectivity index (χ4n) is 5.26. The van der Waals surface area contributed by atoms with Crippen LogP contribution in [0.2, 0.25) is 0 Å². The van der Waals surface area contributed by atoms with Crippen LogP contribution in [-0.2, 0) is 12.7 Å². The summed E-state index contributed by atoms with van der Waals surface area (Å²) >= 11 is 0. The number of hydrogen-bond donors (Lipinski definition) is 0. The van der Waals surface area contributed by atoms with Gasteiger partial charge in [0.1, 0.15) is 5.52 Å². The van der Waals surface area contributed by atoms with Gasteiger partial charge in [-0.1, -0.05) is 0 Å². The van der Waals surface area contributed by atoms with Crippen molar-refractivity contribution in [1.29, 1.82) is 0 Å². The highest BCUT2D eigenvalue weighted by molar-refractivity contribution is 5.71. The third-order valence-corrected chi connectivity index (χ3v) is 7.03. The van der Waals surface area contributed by atoms with Crippen molar-refractivity contribution in [1.82, 2.24) is 29.5 Å². The standard InChI is InChI=1S/C26H24F4N6O/c1-14-7-8-33-23(27)21(14)17-5-3-16(4-6-17)18-11-19-24(35-15(2)12-34-19)36(25(18)37)13-20-22(26(28,29)30)32-10-9-31-20/h7-12,16-17H,3-6,13H2,1-2H3/t16-,17+. The number of halogens is 4. The quantitative estimate of drug-likeness (QED) is 0.275. The second kappa shape index (κ2) is 9.60. The number of pyridine rings is 2. The fraction of sp³-hybridized carbons (Fsp3) is 0.385. The highest BCUT2D eigenvalue weighted by Crippen LogP contribution is 2.41. The number of fused-ring (bicyclic) bond motifs is 1. The molecule has 4 aromatic heterocycles. The first-order chi connectivity index (χ1) is 17.6. The number of hydrogen-bond acceptors (Lipinski definition) is 6. The maximum absolute atomic E-state index is 14.4. The van der Waals surface area contributed by atoms with Crippen LogP contribution < -0.4 is 5.56 Å². The lowest BCUT2D eigenvalue weighted by molar-refractivity contribution is -0.142. The molecule has 0 saturated heterocycles. The second-order valence-corrected chi connectivity index (χ2v) is 9.44. The summed E-state index contributed by atoms with van der Waals surface area (Å²) in [6.07, 6.45) is 2.98. The van der Waals surface area contributed by atoms with Gasteiger partial charge >= 0.3 is 6.18 Å². The molecule has 37 heavy (non-hydrogen) atoms. The highest BCUT2D eigenvalue weighted by atomic mass is 19.4. The molecule has 0 amide bonds. The molecule has 0 radical (unpaired) electrons. The van der Waals surface area contributed by atoms with E-state index < -0.39 is 29.9 Å². The van der Waals surface area contributed by atoms with E-state index in [0.717, 1.165) is 11.8 Å². The molecule has 1 saturated carbocycles. The van der Waals surface area contributed by atoms with Gasteiger partial charge in [-0.3, -0.25) is 19.3 Å². The molecule has 5 rings (SSSR count). The predicted octanol–water partition coefficient (Wildman–Crippen LogP) is 5.24. The number of alkyl halides is 3. The minimum Gasteiger partial charge on any atom is -0.285 e. The van der Waals surface area contributed by atoms with Gasteiger partial charge in [0, 0.05) is 35.9 Å². The van der Waals surface area contributed by atoms with Crippen molar-refractivity contribution >= 4 is 11.2 Å². The smallest absolute Gasteiger partial charge is 0.285 e. The van der Waals surface area contributed by atoms with Crippen molar-refractivity contribution in [3.8, 4) is 0 Å². The van der Waals surface area contributed by atoms with E-state index in [1.807, 2.05) is 6.92 Å². The molecular formula is C26H24F4N6O. The summed E-state index contributed by atoms with van der Waals surface area (Å²) in [7, 11) is 0. The van der Waals surface area contributed by atoms with Crippen LogP contribution in [-0.4, -0.2) is 29.5 Å². The normalized spacial score (nSPS) is 18.3. The number of aromatic nitrogens is 6. The van der Waals surface area contributed by atoms with Gasteiger partial charge in [-0.15, -0.1) is 0 Å². The third kappa shape index (κ3) is 4.82. The van der Waals surface area contributed by atoms with Crippen LogP contribution in [0.4, 0.5) is 17.6 Å². The molecule has 0 bridgehead atoms. The molecule has 1 aliphatic rings. The Hall–Kier alpha value is -3.76. The Balaban J connectivity index is 1.53. The molecular weight excluding hydrogens is 488 g/mol. The summed E-state index contributed by atoms with van der Waals surface area (Å²) in [5.74, 6) is -0.623. The molecule has 7 nitrogen and oxygen atoms in total. The zero-order valence-corrected chi connectivity index (χ0v) is 20.3. The molecule has 0 atom stereocenters. The molecule has 0 aromatic carbocycles. The predicted molar refractivity (Wildman–Crippen MR) is 128 cm³/mol. The zero-order valence-electron chi connectivity index (χ0n) is 20.3. The van der Waals surface area contributed by atoms with Crippen molar-refractivity contribution in [2.24, 2.45) is 0 Å². The molecule has 1 aliphatic carbocycles. The number of rotatable bonds is 4. The molecule has 4 heterocycles. The molecule has 0 aliphatic heterocycles. The monoisotopic (exact) mass is 512 g/mol. The Morgan fingerprint density at radius 3 is 2.38 bits per heavy atom. The minimum absolute atomic E-state index is 0.0102. The lowest BCUT2D eigenvalue weighted by atomic mass is 9.75. The highest BCUT2D eigenvalue weighted by Gasteiger charge is 2.36. The van der Waals surface area contributed by atoms with Crippen LogP contribution in [0.15, 0.2) is 41.7 Å². The average Bonchev–Trinajstić information content (AvgIpc) is 2.86. The third-order valence-electron chi connectivity index (χ3n) is 7.03. The molecule has 1 fully saturated rings. The Labute approximate surface area is 209 Å². The van der Waals surface area contributed by atoms with E-state index in [-0.39, 0.29) is 23.2 Å². The first-order valence-corrected chi connectivity index (χ1v) is 12.0. The van der Waals surface area contributed by atoms with Crippen LogP contribution >= 0.6 is 0 Å². The molecule has 0 unspecified atom stereocenters. The van der Waals surface area contributed by atoms with E-state index in [4.69, 9.17) is 0 Å². The molecule has 0 spiro atoms. The van der Waals surface area contributed by atoms with E-state index in [9.17, 15) is 22.4 Å². The first-order valence-electron chi connectivity index (χ1n) is 12.0. The van der Waals surface area contributed by atoms with Crippen LogP contribution in [0.25, 0.3) is 11.2 Å². The Morgan fingerprint density at radius 1 is 0.973 bits per heavy atom. The second-order valence-electron chi connectivity index (χ2n) is 9.44. The number of nitrogens with zero attached hydrogens (tertiary/aromatic N) is 6. The Morgan fingerprint density at radius 2 is 1.68 bits per heavy atom. The van der Waals surface area contributed by atoms with Crippen molar-refractivity contribution < 1.29 is 17.6 Å². The van der Waals surface area contributed by atoms with Gasteiger partial charge in [0.2, 0.25) is 5.95 Å². The van der Waals surface area contributed by atoms with Crippen LogP contribution in [0.5, 0.6) is 0 Å². The van der Waals surface area contributed by atoms with Crippen LogP contribution in [0, 0.1) is 19.8 Å². The van der Waals surface area contributed by atoms with Crippen molar-refractivity contribution in [3.05, 3.63) is 87.0 Å². The lowest BCUT2D eigenvalue weighted by Gasteiger charge is -2.30. The molecule has 11 heteroatoms. The summed E-state index contributed by atoms with van der Waals surface area (Å²) in [5, 5.41) is 0. The first kappa shape index (κ1) is 24.9. The minimum atomic E-state index is -4.72. The molecule has 192 valence electrons. The Kier molecular flexibility index (Phi) is 6.47. The van der Waals surface area contributed by atoms with Gasteiger partial charge in [0.25, 0.3) is 5.56 Å². The van der Waals surface area contributed by atoms with Gasteiger partial charge in [0.15, 0.2) is 11.3 Å². The molecule has 4 aromatic rings. The average molecular weight is 513 g/mol. The van der Waals surface area contributed by atoms with Gasteiger partial charge in [-0.25, -0.2) is 15.0 Å². The summed E-state index contributed by atoms with van der Waals surface area (Å²) in [6, 6.07) is 3.47. The van der Waals surface area contributed by atoms with Gasteiger partial charge in [0.05, 0.1) is 17.9 Å². The van der Waals surface area contributed by atoms with Gasteiger partial charge in [-0.05, 0) is 69.1 Å². The maximum atomic E-state index is 14.4. The van der Waals surface area contributed by atoms with E-state index in [0.29, 0.717) is 48.0 Å². The van der Waals surface area contributed by atoms with Gasteiger partial charge < -0.3 is 0 Å². The SMILES string of the molecule is Cc1cnc2cc([C@H]3CC[C@@H](c4c(C)ccnc4F)CC3)c(=O)n(Cc3nccnc3C(F)(F)F)c2n1. The van der Waals surface area contributed by atoms with E-state index >= 15 is 0 Å². The van der Waals surface area contributed by atoms with E-state index in [1.54, 1.807) is 25.3 Å². The van der Waals surface area contributed by atoms with Crippen LogP contribution in [0.1, 0.15) is 71.3 Å². The molecule has 0 N–H and O–H groups in total. The largest absolute Gasteiger partial charge is 0.435 e. The fourth-order valence-corrected chi connectivity index (χ4v) is 5.26. The van der Waals surface area contributed by atoms with Crippen molar-refractivity contribution in [3.63, 3.8) is 0 Å². The van der Waals surface area contributed by atoms with E-state index in [1.165, 1.54) is 17.0 Å².